The van der Waals surface area contributed by atoms with Crippen LogP contribution in [0.1, 0.15) is 12.8 Å². The minimum atomic E-state index is 0.299. The molecule has 0 aromatic rings. The highest BCUT2D eigenvalue weighted by Crippen LogP contribution is 2.28. The first-order valence-corrected chi connectivity index (χ1v) is 4.63. The summed E-state index contributed by atoms with van der Waals surface area (Å²) in [5.41, 5.74) is 2.75. The normalized spacial score (nSPS) is 28.3. The van der Waals surface area contributed by atoms with Crippen LogP contribution in [0.2, 0.25) is 0 Å². The Hall–Kier alpha value is 0.0100. The topological polar surface area (TPSA) is 38.0 Å². The van der Waals surface area contributed by atoms with E-state index >= 15 is 0 Å². The van der Waals surface area contributed by atoms with Crippen LogP contribution >= 0.6 is 11.8 Å². The lowest BCUT2D eigenvalue weighted by Gasteiger charge is -2.17. The van der Waals surface area contributed by atoms with Crippen molar-refractivity contribution in [1.82, 2.24) is 5.43 Å². The Bertz CT molecular complexity index is 110. The third-order valence-corrected chi connectivity index (χ3v) is 3.29. The summed E-state index contributed by atoms with van der Waals surface area (Å²) in [7, 11) is 0. The number of rotatable bonds is 3. The number of thioether (sulfide) groups is 1. The first kappa shape index (κ1) is 8.11. The second kappa shape index (κ2) is 4.01. The second-order valence-corrected chi connectivity index (χ2v) is 3.83. The van der Waals surface area contributed by atoms with Gasteiger partial charge in [0.25, 0.3) is 0 Å². The standard InChI is InChI=1S/C7H14N2S/c1-2-6(9-8)7-4-3-5-10-7/h2,6-7,9H,1,3-5,8H2. The second-order valence-electron chi connectivity index (χ2n) is 2.48. The quantitative estimate of drug-likeness (QED) is 0.364. The fourth-order valence-corrected chi connectivity index (χ4v) is 2.58. The number of nitrogens with two attached hydrogens (primary N) is 1. The van der Waals surface area contributed by atoms with Crippen molar-refractivity contribution in [3.05, 3.63) is 12.7 Å². The van der Waals surface area contributed by atoms with Gasteiger partial charge in [-0.15, -0.1) is 6.58 Å². The molecule has 3 N–H and O–H groups in total. The van der Waals surface area contributed by atoms with E-state index in [0.717, 1.165) is 0 Å². The molecule has 1 aliphatic rings. The van der Waals surface area contributed by atoms with Gasteiger partial charge in [0.2, 0.25) is 0 Å². The molecule has 1 aliphatic heterocycles. The maximum absolute atomic E-state index is 5.33. The average molecular weight is 158 g/mol. The van der Waals surface area contributed by atoms with E-state index in [1.54, 1.807) is 0 Å². The van der Waals surface area contributed by atoms with Crippen molar-refractivity contribution in [2.75, 3.05) is 5.75 Å². The lowest BCUT2D eigenvalue weighted by Crippen LogP contribution is -2.39. The summed E-state index contributed by atoms with van der Waals surface area (Å²) in [6, 6.07) is 0.299. The van der Waals surface area contributed by atoms with Crippen molar-refractivity contribution in [2.24, 2.45) is 5.84 Å². The molecule has 2 nitrogen and oxygen atoms in total. The lowest BCUT2D eigenvalue weighted by molar-refractivity contribution is 0.579. The van der Waals surface area contributed by atoms with E-state index in [-0.39, 0.29) is 0 Å². The zero-order valence-electron chi connectivity index (χ0n) is 6.05. The fourth-order valence-electron chi connectivity index (χ4n) is 1.21. The van der Waals surface area contributed by atoms with E-state index < -0.39 is 0 Å². The van der Waals surface area contributed by atoms with Crippen molar-refractivity contribution in [3.63, 3.8) is 0 Å². The van der Waals surface area contributed by atoms with Gasteiger partial charge in [-0.3, -0.25) is 11.3 Å². The summed E-state index contributed by atoms with van der Waals surface area (Å²) >= 11 is 1.99. The molecule has 0 saturated carbocycles. The molecule has 1 rings (SSSR count). The zero-order valence-corrected chi connectivity index (χ0v) is 6.86. The molecule has 0 bridgehead atoms. The number of hydrazine groups is 1. The van der Waals surface area contributed by atoms with Gasteiger partial charge in [-0.05, 0) is 18.6 Å². The zero-order chi connectivity index (χ0) is 7.40. The molecule has 1 heterocycles. The van der Waals surface area contributed by atoms with Gasteiger partial charge in [-0.2, -0.15) is 11.8 Å². The van der Waals surface area contributed by atoms with E-state index in [9.17, 15) is 0 Å². The molecule has 10 heavy (non-hydrogen) atoms. The summed E-state index contributed by atoms with van der Waals surface area (Å²) in [4.78, 5) is 0. The Labute approximate surface area is 66.2 Å². The smallest absolute Gasteiger partial charge is 0.0506 e. The van der Waals surface area contributed by atoms with Gasteiger partial charge >= 0.3 is 0 Å². The van der Waals surface area contributed by atoms with Crippen molar-refractivity contribution >= 4 is 11.8 Å². The maximum atomic E-state index is 5.33. The molecular weight excluding hydrogens is 144 g/mol. The van der Waals surface area contributed by atoms with Crippen LogP contribution in [0.3, 0.4) is 0 Å². The minimum Gasteiger partial charge on any atom is -0.271 e. The number of nitrogens with one attached hydrogen (secondary N) is 1. The van der Waals surface area contributed by atoms with Gasteiger partial charge in [-0.25, -0.2) is 0 Å². The summed E-state index contributed by atoms with van der Waals surface area (Å²) in [5, 5.41) is 0.655. The molecule has 0 radical (unpaired) electrons. The van der Waals surface area contributed by atoms with E-state index in [2.05, 4.69) is 12.0 Å². The minimum absolute atomic E-state index is 0.299. The van der Waals surface area contributed by atoms with E-state index in [1.165, 1.54) is 18.6 Å². The maximum Gasteiger partial charge on any atom is 0.0506 e. The monoisotopic (exact) mass is 158 g/mol. The van der Waals surface area contributed by atoms with Gasteiger partial charge in [-0.1, -0.05) is 6.08 Å². The van der Waals surface area contributed by atoms with Crippen molar-refractivity contribution in [2.45, 2.75) is 24.1 Å². The van der Waals surface area contributed by atoms with E-state index in [4.69, 9.17) is 5.84 Å². The summed E-state index contributed by atoms with van der Waals surface area (Å²) in [6.07, 6.45) is 4.48. The molecule has 0 aromatic heterocycles. The van der Waals surface area contributed by atoms with Gasteiger partial charge in [0.1, 0.15) is 0 Å². The molecule has 1 fully saturated rings. The lowest BCUT2D eigenvalue weighted by atomic mass is 10.1. The highest BCUT2D eigenvalue weighted by molar-refractivity contribution is 8.00. The number of hydrogen-bond acceptors (Lipinski definition) is 3. The highest BCUT2D eigenvalue weighted by Gasteiger charge is 2.21. The Morgan fingerprint density at radius 1 is 1.80 bits per heavy atom. The summed E-state index contributed by atoms with van der Waals surface area (Å²) in [5.74, 6) is 6.60. The van der Waals surface area contributed by atoms with Gasteiger partial charge in [0.15, 0.2) is 0 Å². The van der Waals surface area contributed by atoms with Crippen molar-refractivity contribution < 1.29 is 0 Å². The largest absolute Gasteiger partial charge is 0.271 e. The van der Waals surface area contributed by atoms with Crippen molar-refractivity contribution in [1.29, 1.82) is 0 Å². The molecule has 3 heteroatoms. The van der Waals surface area contributed by atoms with Crippen LogP contribution < -0.4 is 11.3 Å². The molecule has 0 spiro atoms. The number of hydrogen-bond donors (Lipinski definition) is 2. The predicted molar refractivity (Wildman–Crippen MR) is 46.8 cm³/mol. The van der Waals surface area contributed by atoms with Crippen LogP contribution in [0.25, 0.3) is 0 Å². The summed E-state index contributed by atoms with van der Waals surface area (Å²) < 4.78 is 0. The van der Waals surface area contributed by atoms with Gasteiger partial charge in [0.05, 0.1) is 6.04 Å². The highest BCUT2D eigenvalue weighted by atomic mass is 32.2. The Kier molecular flexibility index (Phi) is 3.25. The molecule has 2 atom stereocenters. The third kappa shape index (κ3) is 1.75. The molecule has 0 amide bonds. The van der Waals surface area contributed by atoms with Crippen LogP contribution in [0.15, 0.2) is 12.7 Å². The molecule has 1 saturated heterocycles. The third-order valence-electron chi connectivity index (χ3n) is 1.81. The Morgan fingerprint density at radius 2 is 2.60 bits per heavy atom. The van der Waals surface area contributed by atoms with Crippen LogP contribution in [-0.2, 0) is 0 Å². The van der Waals surface area contributed by atoms with E-state index in [0.29, 0.717) is 11.3 Å². The van der Waals surface area contributed by atoms with Gasteiger partial charge < -0.3 is 0 Å². The average Bonchev–Trinajstić information content (AvgIpc) is 2.43. The van der Waals surface area contributed by atoms with Gasteiger partial charge in [0, 0.05) is 5.25 Å². The van der Waals surface area contributed by atoms with E-state index in [1.807, 2.05) is 17.8 Å². The first-order valence-electron chi connectivity index (χ1n) is 3.58. The molecule has 0 aromatic carbocycles. The SMILES string of the molecule is C=CC(NN)C1CCCS1. The fraction of sp³-hybridized carbons (Fsp3) is 0.714. The Morgan fingerprint density at radius 3 is 3.00 bits per heavy atom. The van der Waals surface area contributed by atoms with Crippen LogP contribution in [-0.4, -0.2) is 17.0 Å². The molecule has 2 unspecified atom stereocenters. The van der Waals surface area contributed by atoms with Crippen LogP contribution in [0, 0.1) is 0 Å². The molecule has 0 aliphatic carbocycles. The van der Waals surface area contributed by atoms with Crippen molar-refractivity contribution in [3.8, 4) is 0 Å². The van der Waals surface area contributed by atoms with Crippen LogP contribution in [0.5, 0.6) is 0 Å². The van der Waals surface area contributed by atoms with Crippen LogP contribution in [0.4, 0.5) is 0 Å². The first-order chi connectivity index (χ1) is 4.88. The Balaban J connectivity index is 2.36. The summed E-state index contributed by atoms with van der Waals surface area (Å²) in [6.45, 7) is 3.72. The molecular formula is C7H14N2S. The molecule has 58 valence electrons. The predicted octanol–water partition coefficient (Wildman–Crippen LogP) is 0.900.